The molecule has 0 saturated heterocycles. The van der Waals surface area contributed by atoms with Crippen molar-refractivity contribution in [1.82, 2.24) is 0 Å². The molecule has 1 rings (SSSR count). The fourth-order valence-corrected chi connectivity index (χ4v) is 0.797. The Bertz CT molecular complexity index is 330. The van der Waals surface area contributed by atoms with Crippen molar-refractivity contribution in [1.29, 1.82) is 0 Å². The van der Waals surface area contributed by atoms with Crippen molar-refractivity contribution >= 4 is 12.1 Å². The van der Waals surface area contributed by atoms with Crippen molar-refractivity contribution < 1.29 is 14.4 Å². The molecule has 70 valence electrons. The Balaban J connectivity index is 2.89. The van der Waals surface area contributed by atoms with Gasteiger partial charge in [0, 0.05) is 0 Å². The molecular formula is C9H13N2O2+. The van der Waals surface area contributed by atoms with Gasteiger partial charge < -0.3 is 15.6 Å². The number of nitrogens with zero attached hydrogens (tertiary/aromatic N) is 1. The second-order valence-electron chi connectivity index (χ2n) is 2.88. The van der Waals surface area contributed by atoms with Crippen LogP contribution in [-0.4, -0.2) is 30.2 Å². The normalized spacial score (nSPS) is 9.38. The summed E-state index contributed by atoms with van der Waals surface area (Å²) < 4.78 is 6.87. The number of para-hydroxylation sites is 1. The van der Waals surface area contributed by atoms with Crippen LogP contribution in [0, 0.1) is 0 Å². The Morgan fingerprint density at radius 1 is 1.46 bits per heavy atom. The molecule has 0 fully saturated rings. The van der Waals surface area contributed by atoms with Gasteiger partial charge in [-0.05, 0) is 12.1 Å². The maximum Gasteiger partial charge on any atom is 0.328 e. The minimum Gasteiger partial charge on any atom is -0.503 e. The average Bonchev–Trinajstić information content (AvgIpc) is 2.07. The van der Waals surface area contributed by atoms with E-state index >= 15 is 0 Å². The number of nitrogens with two attached hydrogens (primary N) is 1. The number of ether oxygens (including phenoxy) is 1. The Morgan fingerprint density at radius 3 is 2.77 bits per heavy atom. The molecule has 0 aliphatic carbocycles. The molecular weight excluding hydrogens is 168 g/mol. The average molecular weight is 181 g/mol. The van der Waals surface area contributed by atoms with E-state index in [4.69, 9.17) is 10.5 Å². The quantitative estimate of drug-likeness (QED) is 0.231. The third-order valence-electron chi connectivity index (χ3n) is 1.42. The molecule has 0 atom stereocenters. The lowest BCUT2D eigenvalue weighted by Crippen LogP contribution is -2.04. The van der Waals surface area contributed by atoms with Crippen LogP contribution >= 0.6 is 0 Å². The van der Waals surface area contributed by atoms with Crippen molar-refractivity contribution in [2.24, 2.45) is 0 Å². The van der Waals surface area contributed by atoms with Crippen LogP contribution in [0.3, 0.4) is 0 Å². The number of benzene rings is 1. The van der Waals surface area contributed by atoms with E-state index in [1.807, 2.05) is 14.1 Å². The largest absolute Gasteiger partial charge is 0.503 e. The molecule has 3 N–H and O–H groups in total. The van der Waals surface area contributed by atoms with E-state index in [-0.39, 0.29) is 5.75 Å². The monoisotopic (exact) mass is 181 g/mol. The molecule has 0 bridgehead atoms. The number of hydrogen-bond donors (Lipinski definition) is 2. The SMILES string of the molecule is C[N+](C)=COc1cccc(N)c1O. The molecule has 0 saturated carbocycles. The fraction of sp³-hybridized carbons (Fsp3) is 0.222. The fourth-order valence-electron chi connectivity index (χ4n) is 0.797. The topological polar surface area (TPSA) is 58.5 Å². The van der Waals surface area contributed by atoms with E-state index in [1.54, 1.807) is 22.8 Å². The molecule has 0 radical (unpaired) electrons. The summed E-state index contributed by atoms with van der Waals surface area (Å²) in [5.74, 6) is 0.328. The number of anilines is 1. The van der Waals surface area contributed by atoms with Crippen LogP contribution in [0.15, 0.2) is 18.2 Å². The summed E-state index contributed by atoms with van der Waals surface area (Å²) >= 11 is 0. The highest BCUT2D eigenvalue weighted by Gasteiger charge is 2.04. The third-order valence-corrected chi connectivity index (χ3v) is 1.42. The standard InChI is InChI=1S/C9H12N2O2/c1-11(2)6-13-8-5-3-4-7(10)9(8)12/h3-6H,10H2,1-2H3/p+1. The van der Waals surface area contributed by atoms with E-state index in [0.717, 1.165) is 0 Å². The van der Waals surface area contributed by atoms with Crippen LogP contribution in [0.1, 0.15) is 0 Å². The first kappa shape index (κ1) is 9.38. The van der Waals surface area contributed by atoms with Crippen LogP contribution in [0.2, 0.25) is 0 Å². The molecule has 4 nitrogen and oxygen atoms in total. The van der Waals surface area contributed by atoms with Crippen LogP contribution < -0.4 is 10.5 Å². The Morgan fingerprint density at radius 2 is 2.15 bits per heavy atom. The second kappa shape index (κ2) is 3.80. The van der Waals surface area contributed by atoms with Crippen molar-refractivity contribution in [3.63, 3.8) is 0 Å². The molecule has 13 heavy (non-hydrogen) atoms. The molecule has 4 heteroatoms. The van der Waals surface area contributed by atoms with Gasteiger partial charge in [0.05, 0.1) is 5.69 Å². The molecule has 0 aromatic heterocycles. The molecule has 1 aromatic carbocycles. The Kier molecular flexibility index (Phi) is 2.74. The van der Waals surface area contributed by atoms with Gasteiger partial charge >= 0.3 is 6.40 Å². The van der Waals surface area contributed by atoms with Gasteiger partial charge in [0.2, 0.25) is 0 Å². The van der Waals surface area contributed by atoms with Crippen LogP contribution in [0.5, 0.6) is 11.5 Å². The van der Waals surface area contributed by atoms with Crippen molar-refractivity contribution in [3.05, 3.63) is 18.2 Å². The lowest BCUT2D eigenvalue weighted by atomic mass is 10.3. The van der Waals surface area contributed by atoms with E-state index < -0.39 is 0 Å². The van der Waals surface area contributed by atoms with Gasteiger partial charge in [0.15, 0.2) is 11.5 Å². The van der Waals surface area contributed by atoms with Crippen molar-refractivity contribution in [2.45, 2.75) is 0 Å². The van der Waals surface area contributed by atoms with E-state index in [0.29, 0.717) is 11.4 Å². The van der Waals surface area contributed by atoms with Gasteiger partial charge in [-0.2, -0.15) is 0 Å². The summed E-state index contributed by atoms with van der Waals surface area (Å²) in [4.78, 5) is 0. The summed E-state index contributed by atoms with van der Waals surface area (Å²) in [7, 11) is 3.65. The lowest BCUT2D eigenvalue weighted by molar-refractivity contribution is -0.466. The Labute approximate surface area is 76.9 Å². The molecule has 0 spiro atoms. The predicted octanol–water partition coefficient (Wildman–Crippen LogP) is 0.654. The Hall–Kier alpha value is -1.71. The predicted molar refractivity (Wildman–Crippen MR) is 51.3 cm³/mol. The summed E-state index contributed by atoms with van der Waals surface area (Å²) in [6.45, 7) is 0. The van der Waals surface area contributed by atoms with E-state index in [2.05, 4.69) is 0 Å². The lowest BCUT2D eigenvalue weighted by Gasteiger charge is -2.02. The zero-order chi connectivity index (χ0) is 9.84. The van der Waals surface area contributed by atoms with Gasteiger partial charge in [0.25, 0.3) is 0 Å². The maximum atomic E-state index is 9.42. The third kappa shape index (κ3) is 2.37. The van der Waals surface area contributed by atoms with Gasteiger partial charge in [-0.3, -0.25) is 0 Å². The molecule has 0 amide bonds. The van der Waals surface area contributed by atoms with Crippen molar-refractivity contribution in [2.75, 3.05) is 19.8 Å². The molecule has 0 aliphatic rings. The summed E-state index contributed by atoms with van der Waals surface area (Å²) in [5, 5.41) is 9.42. The van der Waals surface area contributed by atoms with Gasteiger partial charge in [-0.1, -0.05) is 6.07 Å². The summed E-state index contributed by atoms with van der Waals surface area (Å²) in [6, 6.07) is 4.97. The first-order valence-corrected chi connectivity index (χ1v) is 3.85. The number of aromatic hydroxyl groups is 1. The van der Waals surface area contributed by atoms with Crippen LogP contribution in [-0.2, 0) is 0 Å². The highest BCUT2D eigenvalue weighted by atomic mass is 16.5. The first-order chi connectivity index (χ1) is 6.11. The van der Waals surface area contributed by atoms with Gasteiger partial charge in [-0.15, -0.1) is 0 Å². The van der Waals surface area contributed by atoms with Gasteiger partial charge in [-0.25, -0.2) is 4.58 Å². The van der Waals surface area contributed by atoms with Crippen LogP contribution in [0.25, 0.3) is 0 Å². The minimum absolute atomic E-state index is 0.0272. The zero-order valence-electron chi connectivity index (χ0n) is 7.69. The smallest absolute Gasteiger partial charge is 0.328 e. The second-order valence-corrected chi connectivity index (χ2v) is 2.88. The van der Waals surface area contributed by atoms with Gasteiger partial charge in [0.1, 0.15) is 14.1 Å². The number of phenols is 1. The number of phenolic OH excluding ortho intramolecular Hbond substituents is 1. The molecule has 0 heterocycles. The van der Waals surface area contributed by atoms with Crippen molar-refractivity contribution in [3.8, 4) is 11.5 Å². The molecule has 0 unspecified atom stereocenters. The van der Waals surface area contributed by atoms with E-state index in [1.165, 1.54) is 6.40 Å². The minimum atomic E-state index is -0.0272. The number of rotatable bonds is 2. The highest BCUT2D eigenvalue weighted by molar-refractivity contribution is 5.62. The summed E-state index contributed by atoms with van der Waals surface area (Å²) in [6.07, 6.45) is 1.48. The highest BCUT2D eigenvalue weighted by Crippen LogP contribution is 2.30. The first-order valence-electron chi connectivity index (χ1n) is 3.85. The molecule has 1 aromatic rings. The van der Waals surface area contributed by atoms with E-state index in [9.17, 15) is 5.11 Å². The zero-order valence-corrected chi connectivity index (χ0v) is 7.69. The van der Waals surface area contributed by atoms with Crippen LogP contribution in [0.4, 0.5) is 5.69 Å². The number of hydrogen-bond acceptors (Lipinski definition) is 3. The maximum absolute atomic E-state index is 9.42. The number of nitrogen functional groups attached to an aromatic ring is 1. The summed E-state index contributed by atoms with van der Waals surface area (Å²) in [5.41, 5.74) is 5.78. The molecule has 0 aliphatic heterocycles.